The van der Waals surface area contributed by atoms with Crippen molar-refractivity contribution >= 4 is 12.0 Å². The average Bonchev–Trinajstić information content (AvgIpc) is 2.84. The van der Waals surface area contributed by atoms with E-state index in [9.17, 15) is 0 Å². The Kier molecular flexibility index (Phi) is 4.24. The van der Waals surface area contributed by atoms with Gasteiger partial charge in [-0.3, -0.25) is 5.43 Å². The number of nitrogens with zero attached hydrogens (tertiary/aromatic N) is 3. The number of hydrazone groups is 1. The molecule has 0 unspecified atom stereocenters. The van der Waals surface area contributed by atoms with Gasteiger partial charge in [0.05, 0.1) is 6.21 Å². The molecule has 116 valence electrons. The Morgan fingerprint density at radius 3 is 2.52 bits per heavy atom. The monoisotopic (exact) mass is 304 g/mol. The largest absolute Gasteiger partial charge is 0.318 e. The third kappa shape index (κ3) is 3.31. The standard InChI is InChI=1S/C19H20N4/c1-14-7-9-18(10-8-14)23-15(2)12-17(16(23)3)13-21-22-19-6-4-5-11-20-19/h4-13H,1-3H3,(H,20,22)/b21-13+. The molecule has 4 nitrogen and oxygen atoms in total. The Hall–Kier alpha value is -2.88. The summed E-state index contributed by atoms with van der Waals surface area (Å²) in [5, 5.41) is 4.28. The van der Waals surface area contributed by atoms with Crippen LogP contribution in [0.3, 0.4) is 0 Å². The number of aromatic nitrogens is 2. The van der Waals surface area contributed by atoms with Gasteiger partial charge in [-0.25, -0.2) is 4.98 Å². The highest BCUT2D eigenvalue weighted by Gasteiger charge is 2.09. The van der Waals surface area contributed by atoms with Crippen molar-refractivity contribution in [1.29, 1.82) is 0 Å². The van der Waals surface area contributed by atoms with E-state index in [-0.39, 0.29) is 0 Å². The lowest BCUT2D eigenvalue weighted by atomic mass is 10.2. The zero-order valence-electron chi connectivity index (χ0n) is 13.6. The maximum Gasteiger partial charge on any atom is 0.146 e. The Bertz CT molecular complexity index is 815. The minimum atomic E-state index is 0.732. The minimum absolute atomic E-state index is 0.732. The molecule has 0 bridgehead atoms. The molecule has 1 N–H and O–H groups in total. The maximum atomic E-state index is 4.28. The van der Waals surface area contributed by atoms with Crippen LogP contribution in [0.5, 0.6) is 0 Å². The lowest BCUT2D eigenvalue weighted by Crippen LogP contribution is -2.00. The number of pyridine rings is 1. The summed E-state index contributed by atoms with van der Waals surface area (Å²) in [6, 6.07) is 16.4. The van der Waals surface area contributed by atoms with Crippen molar-refractivity contribution in [3.63, 3.8) is 0 Å². The van der Waals surface area contributed by atoms with Crippen LogP contribution < -0.4 is 5.43 Å². The number of hydrogen-bond acceptors (Lipinski definition) is 3. The highest BCUT2D eigenvalue weighted by atomic mass is 15.3. The smallest absolute Gasteiger partial charge is 0.146 e. The summed E-state index contributed by atoms with van der Waals surface area (Å²) in [7, 11) is 0. The van der Waals surface area contributed by atoms with Crippen LogP contribution in [0.25, 0.3) is 5.69 Å². The van der Waals surface area contributed by atoms with Crippen molar-refractivity contribution in [2.45, 2.75) is 20.8 Å². The first-order chi connectivity index (χ1) is 11.1. The molecular formula is C19H20N4. The van der Waals surface area contributed by atoms with Gasteiger partial charge in [-0.05, 0) is 51.1 Å². The van der Waals surface area contributed by atoms with Crippen LogP contribution in [0.15, 0.2) is 59.8 Å². The number of rotatable bonds is 4. The summed E-state index contributed by atoms with van der Waals surface area (Å²) >= 11 is 0. The van der Waals surface area contributed by atoms with Gasteiger partial charge in [0.25, 0.3) is 0 Å². The van der Waals surface area contributed by atoms with E-state index in [0.717, 1.165) is 17.1 Å². The summed E-state index contributed by atoms with van der Waals surface area (Å²) in [5.41, 5.74) is 8.82. The zero-order valence-corrected chi connectivity index (χ0v) is 13.6. The first-order valence-electron chi connectivity index (χ1n) is 7.61. The van der Waals surface area contributed by atoms with Gasteiger partial charge >= 0.3 is 0 Å². The second kappa shape index (κ2) is 6.48. The number of anilines is 1. The lowest BCUT2D eigenvalue weighted by molar-refractivity contribution is 0.964. The predicted molar refractivity (Wildman–Crippen MR) is 95.4 cm³/mol. The summed E-state index contributed by atoms with van der Waals surface area (Å²) in [5.74, 6) is 0.732. The first kappa shape index (κ1) is 15.0. The van der Waals surface area contributed by atoms with E-state index < -0.39 is 0 Å². The molecule has 0 fully saturated rings. The molecule has 0 aliphatic rings. The highest BCUT2D eigenvalue weighted by Crippen LogP contribution is 2.20. The van der Waals surface area contributed by atoms with Gasteiger partial charge < -0.3 is 4.57 Å². The molecule has 23 heavy (non-hydrogen) atoms. The Morgan fingerprint density at radius 2 is 1.83 bits per heavy atom. The van der Waals surface area contributed by atoms with Crippen LogP contribution in [-0.2, 0) is 0 Å². The van der Waals surface area contributed by atoms with Crippen LogP contribution in [0, 0.1) is 20.8 Å². The Labute approximate surface area is 136 Å². The molecule has 3 aromatic rings. The van der Waals surface area contributed by atoms with Crippen LogP contribution >= 0.6 is 0 Å². The fraction of sp³-hybridized carbons (Fsp3) is 0.158. The van der Waals surface area contributed by atoms with E-state index in [4.69, 9.17) is 0 Å². The van der Waals surface area contributed by atoms with E-state index >= 15 is 0 Å². The van der Waals surface area contributed by atoms with Crippen molar-refractivity contribution in [3.8, 4) is 5.69 Å². The van der Waals surface area contributed by atoms with Gasteiger partial charge in [0.2, 0.25) is 0 Å². The second-order valence-corrected chi connectivity index (χ2v) is 5.58. The fourth-order valence-corrected chi connectivity index (χ4v) is 2.61. The SMILES string of the molecule is Cc1ccc(-n2c(C)cc(/C=N/Nc3ccccn3)c2C)cc1. The van der Waals surface area contributed by atoms with Crippen LogP contribution in [-0.4, -0.2) is 15.8 Å². The third-order valence-corrected chi connectivity index (χ3v) is 3.81. The lowest BCUT2D eigenvalue weighted by Gasteiger charge is -2.09. The summed E-state index contributed by atoms with van der Waals surface area (Å²) in [6.07, 6.45) is 3.57. The molecule has 0 atom stereocenters. The molecule has 4 heteroatoms. The predicted octanol–water partition coefficient (Wildman–Crippen LogP) is 4.24. The molecule has 0 aliphatic carbocycles. The maximum absolute atomic E-state index is 4.28. The van der Waals surface area contributed by atoms with Gasteiger partial charge in [0, 0.05) is 28.8 Å². The molecule has 3 rings (SSSR count). The van der Waals surface area contributed by atoms with Gasteiger partial charge in [-0.2, -0.15) is 5.10 Å². The molecule has 2 heterocycles. The second-order valence-electron chi connectivity index (χ2n) is 5.58. The highest BCUT2D eigenvalue weighted by molar-refractivity contribution is 5.82. The summed E-state index contributed by atoms with van der Waals surface area (Å²) in [4.78, 5) is 4.18. The number of hydrogen-bond donors (Lipinski definition) is 1. The average molecular weight is 304 g/mol. The first-order valence-corrected chi connectivity index (χ1v) is 7.61. The van der Waals surface area contributed by atoms with Crippen LogP contribution in [0.1, 0.15) is 22.5 Å². The van der Waals surface area contributed by atoms with Gasteiger partial charge in [0.1, 0.15) is 5.82 Å². The van der Waals surface area contributed by atoms with Gasteiger partial charge in [0.15, 0.2) is 0 Å². The molecule has 2 aromatic heterocycles. The van der Waals surface area contributed by atoms with E-state index in [1.54, 1.807) is 6.20 Å². The van der Waals surface area contributed by atoms with Crippen molar-refractivity contribution in [2.75, 3.05) is 5.43 Å². The Morgan fingerprint density at radius 1 is 1.04 bits per heavy atom. The quantitative estimate of drug-likeness (QED) is 0.578. The molecule has 0 spiro atoms. The van der Waals surface area contributed by atoms with Gasteiger partial charge in [-0.15, -0.1) is 0 Å². The van der Waals surface area contributed by atoms with Crippen molar-refractivity contribution in [2.24, 2.45) is 5.10 Å². The molecule has 0 saturated heterocycles. The van der Waals surface area contributed by atoms with Crippen LogP contribution in [0.4, 0.5) is 5.82 Å². The van der Waals surface area contributed by atoms with Gasteiger partial charge in [-0.1, -0.05) is 23.8 Å². The van der Waals surface area contributed by atoms with E-state index in [0.29, 0.717) is 0 Å². The van der Waals surface area contributed by atoms with Crippen molar-refractivity contribution in [3.05, 3.63) is 77.2 Å². The third-order valence-electron chi connectivity index (χ3n) is 3.81. The number of nitrogens with one attached hydrogen (secondary N) is 1. The van der Waals surface area contributed by atoms with Crippen LogP contribution in [0.2, 0.25) is 0 Å². The van der Waals surface area contributed by atoms with E-state index in [1.807, 2.05) is 24.4 Å². The topological polar surface area (TPSA) is 42.2 Å². The summed E-state index contributed by atoms with van der Waals surface area (Å²) < 4.78 is 2.24. The fourth-order valence-electron chi connectivity index (χ4n) is 2.61. The normalized spacial score (nSPS) is 11.1. The molecule has 1 aromatic carbocycles. The Balaban J connectivity index is 1.84. The van der Waals surface area contributed by atoms with Crippen molar-refractivity contribution < 1.29 is 0 Å². The number of aryl methyl sites for hydroxylation is 2. The molecule has 0 saturated carbocycles. The number of benzene rings is 1. The molecule has 0 aliphatic heterocycles. The van der Waals surface area contributed by atoms with E-state index in [1.165, 1.54) is 16.9 Å². The molecular weight excluding hydrogens is 284 g/mol. The van der Waals surface area contributed by atoms with E-state index in [2.05, 4.69) is 71.2 Å². The molecule has 0 radical (unpaired) electrons. The van der Waals surface area contributed by atoms with Crippen molar-refractivity contribution in [1.82, 2.24) is 9.55 Å². The zero-order chi connectivity index (χ0) is 16.2. The summed E-state index contributed by atoms with van der Waals surface area (Å²) in [6.45, 7) is 6.31. The minimum Gasteiger partial charge on any atom is -0.318 e. The molecule has 0 amide bonds.